The van der Waals surface area contributed by atoms with Crippen molar-refractivity contribution in [3.63, 3.8) is 0 Å². The molecule has 3 heteroatoms. The van der Waals surface area contributed by atoms with Crippen LogP contribution in [0.15, 0.2) is 0 Å². The molecular formula is C7H12O3. The molecule has 0 fully saturated rings. The van der Waals surface area contributed by atoms with Gasteiger partial charge in [0.05, 0.1) is 0 Å². The predicted octanol–water partition coefficient (Wildman–Crippen LogP) is 0.773. The first-order chi connectivity index (χ1) is 4.57. The zero-order valence-electron chi connectivity index (χ0n) is 6.46. The Hall–Kier alpha value is -0.860. The molecule has 0 rings (SSSR count). The fourth-order valence-corrected chi connectivity index (χ4v) is 0.347. The maximum absolute atomic E-state index is 10.3. The van der Waals surface area contributed by atoms with E-state index in [9.17, 15) is 9.59 Å². The van der Waals surface area contributed by atoms with Gasteiger partial charge < -0.3 is 4.74 Å². The van der Waals surface area contributed by atoms with Gasteiger partial charge in [0.15, 0.2) is 0 Å². The van der Waals surface area contributed by atoms with Crippen LogP contribution >= 0.6 is 0 Å². The highest BCUT2D eigenvalue weighted by molar-refractivity contribution is 6.20. The van der Waals surface area contributed by atoms with E-state index in [-0.39, 0.29) is 18.3 Å². The highest BCUT2D eigenvalue weighted by Gasteiger charge is 2.10. The number of carbonyl (C=O) groups is 2. The van der Waals surface area contributed by atoms with Crippen molar-refractivity contribution in [1.82, 2.24) is 0 Å². The van der Waals surface area contributed by atoms with Gasteiger partial charge in [0.1, 0.15) is 6.10 Å². The summed E-state index contributed by atoms with van der Waals surface area (Å²) < 4.78 is 4.65. The Kier molecular flexibility index (Phi) is 3.69. The van der Waals surface area contributed by atoms with Crippen LogP contribution in [0.2, 0.25) is 0 Å². The van der Waals surface area contributed by atoms with Crippen LogP contribution in [0.4, 0.5) is 0 Å². The lowest BCUT2D eigenvalue weighted by atomic mass is 10.1. The number of hydrogen-bond acceptors (Lipinski definition) is 3. The van der Waals surface area contributed by atoms with Crippen LogP contribution in [0.1, 0.15) is 20.8 Å². The minimum atomic E-state index is -0.791. The molecule has 0 aromatic carbocycles. The monoisotopic (exact) mass is 144 g/mol. The normalized spacial score (nSPS) is 12.8. The van der Waals surface area contributed by atoms with E-state index in [0.29, 0.717) is 0 Å². The molecule has 0 aliphatic carbocycles. The Morgan fingerprint density at radius 3 is 2.20 bits per heavy atom. The molecule has 10 heavy (non-hydrogen) atoms. The molecule has 0 N–H and O–H groups in total. The molecule has 58 valence electrons. The fraction of sp³-hybridized carbons (Fsp3) is 0.714. The van der Waals surface area contributed by atoms with Gasteiger partial charge in [-0.2, -0.15) is 0 Å². The molecule has 1 unspecified atom stereocenters. The van der Waals surface area contributed by atoms with Crippen molar-refractivity contribution in [1.29, 1.82) is 0 Å². The quantitative estimate of drug-likeness (QED) is 0.334. The maximum Gasteiger partial charge on any atom is 0.371 e. The highest BCUT2D eigenvalue weighted by Crippen LogP contribution is 2.04. The van der Waals surface area contributed by atoms with Gasteiger partial charge in [-0.25, -0.2) is 4.79 Å². The molecule has 0 aliphatic heterocycles. The number of rotatable bonds is 3. The van der Waals surface area contributed by atoms with Crippen molar-refractivity contribution in [2.24, 2.45) is 5.92 Å². The summed E-state index contributed by atoms with van der Waals surface area (Å²) in [5.74, 6) is -0.537. The first-order valence-corrected chi connectivity index (χ1v) is 3.23. The number of esters is 1. The SMILES string of the molecule is CC(C)C(C)OC(=O)C=O. The first kappa shape index (κ1) is 9.14. The van der Waals surface area contributed by atoms with Gasteiger partial charge in [-0.1, -0.05) is 13.8 Å². The standard InChI is InChI=1S/C7H12O3/c1-5(2)6(3)10-7(9)4-8/h4-6H,1-3H3. The second-order valence-corrected chi connectivity index (χ2v) is 2.50. The molecule has 0 aromatic rings. The molecule has 0 bridgehead atoms. The van der Waals surface area contributed by atoms with Crippen LogP contribution < -0.4 is 0 Å². The molecule has 0 aliphatic rings. The third kappa shape index (κ3) is 3.22. The van der Waals surface area contributed by atoms with Crippen LogP contribution in [-0.4, -0.2) is 18.4 Å². The van der Waals surface area contributed by atoms with Gasteiger partial charge >= 0.3 is 5.97 Å². The highest BCUT2D eigenvalue weighted by atomic mass is 16.5. The third-order valence-corrected chi connectivity index (χ3v) is 1.34. The van der Waals surface area contributed by atoms with E-state index in [1.165, 1.54) is 0 Å². The van der Waals surface area contributed by atoms with Crippen LogP contribution in [0.5, 0.6) is 0 Å². The van der Waals surface area contributed by atoms with Crippen molar-refractivity contribution >= 4 is 12.3 Å². The second kappa shape index (κ2) is 4.04. The molecule has 1 atom stereocenters. The van der Waals surface area contributed by atoms with Gasteiger partial charge in [-0.05, 0) is 12.8 Å². The summed E-state index contributed by atoms with van der Waals surface area (Å²) in [5, 5.41) is 0. The van der Waals surface area contributed by atoms with E-state index >= 15 is 0 Å². The summed E-state index contributed by atoms with van der Waals surface area (Å²) in [7, 11) is 0. The van der Waals surface area contributed by atoms with Gasteiger partial charge in [0.2, 0.25) is 6.29 Å². The lowest BCUT2D eigenvalue weighted by molar-refractivity contribution is -0.153. The smallest absolute Gasteiger partial charge is 0.371 e. The van der Waals surface area contributed by atoms with Gasteiger partial charge in [0.25, 0.3) is 0 Å². The van der Waals surface area contributed by atoms with Gasteiger partial charge in [-0.3, -0.25) is 4.79 Å². The molecule has 0 saturated carbocycles. The minimum absolute atomic E-state index is 0.179. The minimum Gasteiger partial charge on any atom is -0.457 e. The molecule has 3 nitrogen and oxygen atoms in total. The van der Waals surface area contributed by atoms with Crippen LogP contribution in [0.3, 0.4) is 0 Å². The molecule has 0 saturated heterocycles. The molecule has 0 spiro atoms. The Morgan fingerprint density at radius 2 is 1.90 bits per heavy atom. The maximum atomic E-state index is 10.3. The van der Waals surface area contributed by atoms with Crippen LogP contribution in [0, 0.1) is 5.92 Å². The lowest BCUT2D eigenvalue weighted by Crippen LogP contribution is -2.20. The van der Waals surface area contributed by atoms with E-state index in [0.717, 1.165) is 0 Å². The van der Waals surface area contributed by atoms with Gasteiger partial charge in [0, 0.05) is 0 Å². The average Bonchev–Trinajstić information content (AvgIpc) is 1.87. The zero-order chi connectivity index (χ0) is 8.15. The van der Waals surface area contributed by atoms with E-state index in [2.05, 4.69) is 4.74 Å². The number of carbonyl (C=O) groups excluding carboxylic acids is 2. The molecule has 0 radical (unpaired) electrons. The molecular weight excluding hydrogens is 132 g/mol. The summed E-state index contributed by atoms with van der Waals surface area (Å²) in [4.78, 5) is 20.1. The molecule has 0 amide bonds. The number of ether oxygens (including phenoxy) is 1. The van der Waals surface area contributed by atoms with Crippen LogP contribution in [-0.2, 0) is 14.3 Å². The summed E-state index contributed by atoms with van der Waals surface area (Å²) in [5.41, 5.74) is 0. The summed E-state index contributed by atoms with van der Waals surface area (Å²) in [6.07, 6.45) is -0.00324. The largest absolute Gasteiger partial charge is 0.457 e. The number of aldehydes is 1. The fourth-order valence-electron chi connectivity index (χ4n) is 0.347. The molecule has 0 heterocycles. The average molecular weight is 144 g/mol. The van der Waals surface area contributed by atoms with Gasteiger partial charge in [-0.15, -0.1) is 0 Å². The summed E-state index contributed by atoms with van der Waals surface area (Å²) in [6, 6.07) is 0. The van der Waals surface area contributed by atoms with E-state index in [1.54, 1.807) is 6.92 Å². The van der Waals surface area contributed by atoms with E-state index < -0.39 is 5.97 Å². The van der Waals surface area contributed by atoms with E-state index in [1.807, 2.05) is 13.8 Å². The zero-order valence-corrected chi connectivity index (χ0v) is 6.46. The summed E-state index contributed by atoms with van der Waals surface area (Å²) in [6.45, 7) is 5.59. The van der Waals surface area contributed by atoms with Crippen LogP contribution in [0.25, 0.3) is 0 Å². The van der Waals surface area contributed by atoms with Crippen molar-refractivity contribution in [3.8, 4) is 0 Å². The topological polar surface area (TPSA) is 43.4 Å². The first-order valence-electron chi connectivity index (χ1n) is 3.23. The second-order valence-electron chi connectivity index (χ2n) is 2.50. The number of hydrogen-bond donors (Lipinski definition) is 0. The summed E-state index contributed by atoms with van der Waals surface area (Å²) >= 11 is 0. The van der Waals surface area contributed by atoms with Crippen molar-refractivity contribution in [2.45, 2.75) is 26.9 Å². The Labute approximate surface area is 60.4 Å². The molecule has 0 aromatic heterocycles. The Morgan fingerprint density at radius 1 is 1.40 bits per heavy atom. The Bertz CT molecular complexity index is 129. The lowest BCUT2D eigenvalue weighted by Gasteiger charge is -2.13. The van der Waals surface area contributed by atoms with E-state index in [4.69, 9.17) is 0 Å². The predicted molar refractivity (Wildman–Crippen MR) is 36.5 cm³/mol. The van der Waals surface area contributed by atoms with Crippen molar-refractivity contribution in [2.75, 3.05) is 0 Å². The Balaban J connectivity index is 3.67. The van der Waals surface area contributed by atoms with Crippen molar-refractivity contribution in [3.05, 3.63) is 0 Å². The third-order valence-electron chi connectivity index (χ3n) is 1.34. The van der Waals surface area contributed by atoms with Crippen molar-refractivity contribution < 1.29 is 14.3 Å².